The lowest BCUT2D eigenvalue weighted by atomic mass is 10.1. The van der Waals surface area contributed by atoms with Crippen molar-refractivity contribution in [3.05, 3.63) is 56.3 Å². The van der Waals surface area contributed by atoms with Gasteiger partial charge in [-0.1, -0.05) is 40.9 Å². The lowest BCUT2D eigenvalue weighted by Crippen LogP contribution is -2.36. The first-order valence-electron chi connectivity index (χ1n) is 6.30. The summed E-state index contributed by atoms with van der Waals surface area (Å²) in [4.78, 5) is 14.3. The van der Waals surface area contributed by atoms with Crippen LogP contribution in [-0.2, 0) is 13.0 Å². The Kier molecular flexibility index (Phi) is 4.02. The molecule has 7 heteroatoms. The normalized spacial score (nSPS) is 14.0. The van der Waals surface area contributed by atoms with E-state index in [0.29, 0.717) is 40.3 Å². The summed E-state index contributed by atoms with van der Waals surface area (Å²) in [5.74, 6) is -0.191. The summed E-state index contributed by atoms with van der Waals surface area (Å²) >= 11 is 18.0. The van der Waals surface area contributed by atoms with Gasteiger partial charge < -0.3 is 4.90 Å². The van der Waals surface area contributed by atoms with Crippen LogP contribution in [0.5, 0.6) is 0 Å². The van der Waals surface area contributed by atoms with Crippen LogP contribution in [0.1, 0.15) is 21.6 Å². The van der Waals surface area contributed by atoms with E-state index in [4.69, 9.17) is 34.8 Å². The molecule has 1 aromatic heterocycles. The fraction of sp³-hybridized carbons (Fsp3) is 0.214. The third-order valence-electron chi connectivity index (χ3n) is 3.37. The molecule has 0 unspecified atom stereocenters. The molecule has 1 aromatic carbocycles. The van der Waals surface area contributed by atoms with Crippen LogP contribution in [-0.4, -0.2) is 27.5 Å². The van der Waals surface area contributed by atoms with Crippen LogP contribution in [0.15, 0.2) is 24.3 Å². The molecule has 0 bridgehead atoms. The first-order chi connectivity index (χ1) is 10.1. The highest BCUT2D eigenvalue weighted by atomic mass is 35.5. The second-order valence-corrected chi connectivity index (χ2v) is 5.91. The van der Waals surface area contributed by atoms with Crippen LogP contribution in [0.4, 0.5) is 0 Å². The van der Waals surface area contributed by atoms with E-state index in [9.17, 15) is 4.79 Å². The molecule has 1 amide bonds. The van der Waals surface area contributed by atoms with Crippen LogP contribution in [0.3, 0.4) is 0 Å². The molecule has 0 saturated carbocycles. The highest BCUT2D eigenvalue weighted by Crippen LogP contribution is 2.28. The van der Waals surface area contributed by atoms with Crippen LogP contribution >= 0.6 is 34.8 Å². The van der Waals surface area contributed by atoms with Gasteiger partial charge in [-0.25, -0.2) is 0 Å². The molecule has 0 spiro atoms. The molecule has 2 aromatic rings. The Morgan fingerprint density at radius 3 is 2.57 bits per heavy atom. The standard InChI is InChI=1S/C14H10Cl3N3O/c15-9-2-1-3-10(16)13(9)14(21)20-5-4-11-8(7-20)6-12(17)19-18-11/h1-3,6H,4-5,7H2. The van der Waals surface area contributed by atoms with Gasteiger partial charge in [0.15, 0.2) is 5.15 Å². The van der Waals surface area contributed by atoms with Gasteiger partial charge >= 0.3 is 0 Å². The number of carbonyl (C=O) groups is 1. The molecule has 2 heterocycles. The van der Waals surface area contributed by atoms with E-state index in [1.54, 1.807) is 29.2 Å². The number of amides is 1. The Morgan fingerprint density at radius 2 is 1.86 bits per heavy atom. The summed E-state index contributed by atoms with van der Waals surface area (Å²) in [7, 11) is 0. The Labute approximate surface area is 136 Å². The van der Waals surface area contributed by atoms with Gasteiger partial charge in [-0.2, -0.15) is 5.10 Å². The molecular weight excluding hydrogens is 333 g/mol. The van der Waals surface area contributed by atoms with Gasteiger partial charge in [-0.05, 0) is 23.8 Å². The van der Waals surface area contributed by atoms with E-state index >= 15 is 0 Å². The van der Waals surface area contributed by atoms with Crippen LogP contribution < -0.4 is 0 Å². The minimum Gasteiger partial charge on any atom is -0.334 e. The number of fused-ring (bicyclic) bond motifs is 1. The summed E-state index contributed by atoms with van der Waals surface area (Å²) in [6, 6.07) is 6.75. The van der Waals surface area contributed by atoms with E-state index in [1.807, 2.05) is 0 Å². The maximum atomic E-state index is 12.6. The quantitative estimate of drug-likeness (QED) is 0.795. The van der Waals surface area contributed by atoms with Crippen molar-refractivity contribution < 1.29 is 4.79 Å². The number of rotatable bonds is 1. The Balaban J connectivity index is 1.91. The second kappa shape index (κ2) is 5.79. The van der Waals surface area contributed by atoms with Gasteiger partial charge in [0.25, 0.3) is 5.91 Å². The van der Waals surface area contributed by atoms with Gasteiger partial charge in [0.2, 0.25) is 0 Å². The third kappa shape index (κ3) is 2.84. The minimum absolute atomic E-state index is 0.191. The average Bonchev–Trinajstić information content (AvgIpc) is 2.46. The third-order valence-corrected chi connectivity index (χ3v) is 4.19. The molecule has 0 radical (unpaired) electrons. The maximum absolute atomic E-state index is 12.6. The molecule has 3 rings (SSSR count). The Morgan fingerprint density at radius 1 is 1.14 bits per heavy atom. The van der Waals surface area contributed by atoms with Crippen molar-refractivity contribution in [1.29, 1.82) is 0 Å². The first-order valence-corrected chi connectivity index (χ1v) is 7.44. The lowest BCUT2D eigenvalue weighted by Gasteiger charge is -2.28. The molecule has 1 aliphatic rings. The SMILES string of the molecule is O=C(c1c(Cl)cccc1Cl)N1CCc2nnc(Cl)cc2C1. The van der Waals surface area contributed by atoms with Crippen molar-refractivity contribution in [2.45, 2.75) is 13.0 Å². The number of halogens is 3. The molecular formula is C14H10Cl3N3O. The van der Waals surface area contributed by atoms with Gasteiger partial charge in [0.05, 0.1) is 21.3 Å². The van der Waals surface area contributed by atoms with Gasteiger partial charge in [-0.3, -0.25) is 4.79 Å². The number of hydrogen-bond acceptors (Lipinski definition) is 3. The van der Waals surface area contributed by atoms with Crippen molar-refractivity contribution in [2.75, 3.05) is 6.54 Å². The van der Waals surface area contributed by atoms with Crippen LogP contribution in [0.25, 0.3) is 0 Å². The van der Waals surface area contributed by atoms with E-state index < -0.39 is 0 Å². The molecule has 1 aliphatic heterocycles. The fourth-order valence-corrected chi connectivity index (χ4v) is 3.06. The number of aromatic nitrogens is 2. The number of benzene rings is 1. The fourth-order valence-electron chi connectivity index (χ4n) is 2.33. The molecule has 0 atom stereocenters. The van der Waals surface area contributed by atoms with Crippen LogP contribution in [0, 0.1) is 0 Å². The molecule has 0 N–H and O–H groups in total. The molecule has 21 heavy (non-hydrogen) atoms. The van der Waals surface area contributed by atoms with Crippen molar-refractivity contribution in [3.63, 3.8) is 0 Å². The monoisotopic (exact) mass is 341 g/mol. The van der Waals surface area contributed by atoms with E-state index in [2.05, 4.69) is 10.2 Å². The topological polar surface area (TPSA) is 46.1 Å². The second-order valence-electron chi connectivity index (χ2n) is 4.71. The van der Waals surface area contributed by atoms with E-state index in [1.165, 1.54) is 0 Å². The summed E-state index contributed by atoms with van der Waals surface area (Å²) in [5, 5.41) is 8.89. The molecule has 0 saturated heterocycles. The van der Waals surface area contributed by atoms with Crippen LogP contribution in [0.2, 0.25) is 15.2 Å². The van der Waals surface area contributed by atoms with Gasteiger partial charge in [-0.15, -0.1) is 5.10 Å². The molecule has 4 nitrogen and oxygen atoms in total. The van der Waals surface area contributed by atoms with Crippen molar-refractivity contribution in [1.82, 2.24) is 15.1 Å². The molecule has 108 valence electrons. The number of hydrogen-bond donors (Lipinski definition) is 0. The Hall–Kier alpha value is -1.36. The van der Waals surface area contributed by atoms with Crippen molar-refractivity contribution in [3.8, 4) is 0 Å². The smallest absolute Gasteiger partial charge is 0.257 e. The zero-order valence-corrected chi connectivity index (χ0v) is 13.1. The predicted molar refractivity (Wildman–Crippen MR) is 81.9 cm³/mol. The zero-order valence-electron chi connectivity index (χ0n) is 10.8. The molecule has 0 fully saturated rings. The van der Waals surface area contributed by atoms with Gasteiger partial charge in [0.1, 0.15) is 0 Å². The highest BCUT2D eigenvalue weighted by Gasteiger charge is 2.26. The number of carbonyl (C=O) groups excluding carboxylic acids is 1. The summed E-state index contributed by atoms with van der Waals surface area (Å²) in [6.07, 6.45) is 0.632. The minimum atomic E-state index is -0.191. The first kappa shape index (κ1) is 14.6. The Bertz CT molecular complexity index is 700. The van der Waals surface area contributed by atoms with Crippen molar-refractivity contribution in [2.24, 2.45) is 0 Å². The zero-order chi connectivity index (χ0) is 15.0. The maximum Gasteiger partial charge on any atom is 0.257 e. The number of nitrogens with zero attached hydrogens (tertiary/aromatic N) is 3. The van der Waals surface area contributed by atoms with E-state index in [-0.39, 0.29) is 5.91 Å². The summed E-state index contributed by atoms with van der Waals surface area (Å²) in [5.41, 5.74) is 2.10. The lowest BCUT2D eigenvalue weighted by molar-refractivity contribution is 0.0733. The summed E-state index contributed by atoms with van der Waals surface area (Å²) < 4.78 is 0. The summed E-state index contributed by atoms with van der Waals surface area (Å²) in [6.45, 7) is 0.967. The predicted octanol–water partition coefficient (Wildman–Crippen LogP) is 3.64. The van der Waals surface area contributed by atoms with E-state index in [0.717, 1.165) is 11.3 Å². The average molecular weight is 343 g/mol. The molecule has 0 aliphatic carbocycles. The highest BCUT2D eigenvalue weighted by molar-refractivity contribution is 6.39. The van der Waals surface area contributed by atoms with Gasteiger partial charge in [0, 0.05) is 19.5 Å². The van der Waals surface area contributed by atoms with Crippen molar-refractivity contribution >= 4 is 40.7 Å². The largest absolute Gasteiger partial charge is 0.334 e.